The maximum absolute atomic E-state index is 12.0. The predicted molar refractivity (Wildman–Crippen MR) is 72.7 cm³/mol. The minimum atomic E-state index is -3.31. The van der Waals surface area contributed by atoms with E-state index in [1.807, 2.05) is 0 Å². The van der Waals surface area contributed by atoms with Crippen LogP contribution in [0.1, 0.15) is 25.8 Å². The van der Waals surface area contributed by atoms with Gasteiger partial charge in [-0.05, 0) is 18.6 Å². The molecule has 1 atom stereocenters. The Hall–Kier alpha value is -1.56. The first kappa shape index (κ1) is 14.5. The van der Waals surface area contributed by atoms with Gasteiger partial charge in [-0.3, -0.25) is 0 Å². The average Bonchev–Trinajstić information content (AvgIpc) is 2.35. The fourth-order valence-corrected chi connectivity index (χ4v) is 3.26. The van der Waals surface area contributed by atoms with Crippen LogP contribution in [0, 0.1) is 0 Å². The maximum atomic E-state index is 12.0. The van der Waals surface area contributed by atoms with E-state index < -0.39 is 15.1 Å². The van der Waals surface area contributed by atoms with Crippen molar-refractivity contribution in [2.75, 3.05) is 11.5 Å². The summed E-state index contributed by atoms with van der Waals surface area (Å²) in [4.78, 5) is 0. The second kappa shape index (κ2) is 5.86. The number of oxime groups is 1. The monoisotopic (exact) mass is 270 g/mol. The Kier molecular flexibility index (Phi) is 4.72. The molecule has 3 N–H and O–H groups in total. The summed E-state index contributed by atoms with van der Waals surface area (Å²) >= 11 is 0. The van der Waals surface area contributed by atoms with E-state index in [-0.39, 0.29) is 11.5 Å². The highest BCUT2D eigenvalue weighted by molar-refractivity contribution is 7.92. The Bertz CT molecular complexity index is 538. The molecule has 1 unspecified atom stereocenters. The van der Waals surface area contributed by atoms with Gasteiger partial charge in [0.05, 0.1) is 0 Å². The molecule has 5 nitrogen and oxygen atoms in total. The fraction of sp³-hybridized carbons (Fsp3) is 0.417. The van der Waals surface area contributed by atoms with Crippen molar-refractivity contribution in [3.63, 3.8) is 0 Å². The van der Waals surface area contributed by atoms with Crippen LogP contribution in [0.25, 0.3) is 0 Å². The molecule has 18 heavy (non-hydrogen) atoms. The average molecular weight is 270 g/mol. The van der Waals surface area contributed by atoms with E-state index in [0.29, 0.717) is 17.7 Å². The zero-order valence-electron chi connectivity index (χ0n) is 10.5. The lowest BCUT2D eigenvalue weighted by molar-refractivity contribution is 0.318. The van der Waals surface area contributed by atoms with Crippen LogP contribution >= 0.6 is 0 Å². The zero-order valence-corrected chi connectivity index (χ0v) is 11.3. The molecule has 0 aliphatic rings. The molecule has 1 aromatic carbocycles. The quantitative estimate of drug-likeness (QED) is 0.368. The van der Waals surface area contributed by atoms with Gasteiger partial charge in [0.25, 0.3) is 0 Å². The molecule has 0 saturated carbocycles. The first-order valence-corrected chi connectivity index (χ1v) is 7.47. The lowest BCUT2D eigenvalue weighted by Crippen LogP contribution is -2.32. The molecule has 0 aromatic heterocycles. The number of hydrogen-bond acceptors (Lipinski definition) is 5. The van der Waals surface area contributed by atoms with Gasteiger partial charge in [0.1, 0.15) is 11.0 Å². The minimum absolute atomic E-state index is 0.00679. The molecular formula is C12H18N2O3S. The van der Waals surface area contributed by atoms with Crippen LogP contribution in [0.5, 0.6) is 0 Å². The van der Waals surface area contributed by atoms with Gasteiger partial charge in [-0.25, -0.2) is 8.42 Å². The molecule has 0 heterocycles. The summed E-state index contributed by atoms with van der Waals surface area (Å²) in [5.74, 6) is 0.00679. The highest BCUT2D eigenvalue weighted by Gasteiger charge is 2.28. The maximum Gasteiger partial charge on any atom is 0.158 e. The lowest BCUT2D eigenvalue weighted by Gasteiger charge is -2.16. The van der Waals surface area contributed by atoms with Crippen molar-refractivity contribution in [1.82, 2.24) is 0 Å². The van der Waals surface area contributed by atoms with Crippen LogP contribution in [0.15, 0.2) is 29.4 Å². The molecule has 1 aromatic rings. The first-order chi connectivity index (χ1) is 8.46. The van der Waals surface area contributed by atoms with Crippen molar-refractivity contribution >= 4 is 21.2 Å². The van der Waals surface area contributed by atoms with Gasteiger partial charge in [-0.2, -0.15) is 0 Å². The number of rotatable bonds is 5. The topological polar surface area (TPSA) is 92.8 Å². The second-order valence-corrected chi connectivity index (χ2v) is 6.43. The molecule has 0 fully saturated rings. The van der Waals surface area contributed by atoms with Crippen LogP contribution in [-0.2, 0) is 9.84 Å². The Morgan fingerprint density at radius 1 is 1.44 bits per heavy atom. The Labute approximate surface area is 107 Å². The number of nitrogen functional groups attached to an aromatic ring is 1. The largest absolute Gasteiger partial charge is 0.411 e. The SMILES string of the molecule is CCC(C(=NO)c1cccc(N)c1)S(=O)(=O)CC. The number of nitrogens with zero attached hydrogens (tertiary/aromatic N) is 1. The van der Waals surface area contributed by atoms with Crippen LogP contribution in [0.3, 0.4) is 0 Å². The summed E-state index contributed by atoms with van der Waals surface area (Å²) in [5, 5.41) is 11.5. The van der Waals surface area contributed by atoms with E-state index in [1.165, 1.54) is 0 Å². The number of nitrogens with two attached hydrogens (primary N) is 1. The predicted octanol–water partition coefficient (Wildman–Crippen LogP) is 1.66. The van der Waals surface area contributed by atoms with E-state index in [1.54, 1.807) is 38.1 Å². The number of benzene rings is 1. The van der Waals surface area contributed by atoms with E-state index >= 15 is 0 Å². The molecule has 1 rings (SSSR count). The van der Waals surface area contributed by atoms with Crippen LogP contribution in [-0.4, -0.2) is 30.3 Å². The zero-order chi connectivity index (χ0) is 13.8. The molecule has 0 amide bonds. The molecule has 0 saturated heterocycles. The van der Waals surface area contributed by atoms with Gasteiger partial charge in [-0.1, -0.05) is 31.1 Å². The van der Waals surface area contributed by atoms with E-state index in [4.69, 9.17) is 10.9 Å². The Balaban J connectivity index is 3.26. The summed E-state index contributed by atoms with van der Waals surface area (Å²) in [6.45, 7) is 3.32. The van der Waals surface area contributed by atoms with Gasteiger partial charge in [-0.15, -0.1) is 0 Å². The van der Waals surface area contributed by atoms with Crippen LogP contribution < -0.4 is 5.73 Å². The smallest absolute Gasteiger partial charge is 0.158 e. The lowest BCUT2D eigenvalue weighted by atomic mass is 10.1. The summed E-state index contributed by atoms with van der Waals surface area (Å²) < 4.78 is 23.9. The highest BCUT2D eigenvalue weighted by Crippen LogP contribution is 2.17. The Morgan fingerprint density at radius 2 is 2.11 bits per heavy atom. The van der Waals surface area contributed by atoms with E-state index in [0.717, 1.165) is 0 Å². The molecule has 0 aliphatic heterocycles. The molecular weight excluding hydrogens is 252 g/mol. The third-order valence-corrected chi connectivity index (χ3v) is 5.03. The van der Waals surface area contributed by atoms with Gasteiger partial charge in [0, 0.05) is 17.0 Å². The molecule has 0 aliphatic carbocycles. The van der Waals surface area contributed by atoms with Gasteiger partial charge < -0.3 is 10.9 Å². The van der Waals surface area contributed by atoms with Crippen molar-refractivity contribution < 1.29 is 13.6 Å². The summed E-state index contributed by atoms with van der Waals surface area (Å²) in [6, 6.07) is 6.66. The molecule has 0 spiro atoms. The van der Waals surface area contributed by atoms with Crippen molar-refractivity contribution in [3.05, 3.63) is 29.8 Å². The summed E-state index contributed by atoms with van der Waals surface area (Å²) in [5.41, 5.74) is 6.82. The van der Waals surface area contributed by atoms with Crippen LogP contribution in [0.2, 0.25) is 0 Å². The number of sulfone groups is 1. The third-order valence-electron chi connectivity index (χ3n) is 2.80. The first-order valence-electron chi connectivity index (χ1n) is 5.75. The molecule has 0 radical (unpaired) electrons. The van der Waals surface area contributed by atoms with Crippen molar-refractivity contribution in [2.24, 2.45) is 5.16 Å². The normalized spacial score (nSPS) is 14.4. The Morgan fingerprint density at radius 3 is 2.56 bits per heavy atom. The van der Waals surface area contributed by atoms with E-state index in [2.05, 4.69) is 5.16 Å². The third kappa shape index (κ3) is 3.01. The standard InChI is InChI=1S/C12H18N2O3S/c1-3-11(18(16,17)4-2)12(14-15)9-6-5-7-10(13)8-9/h5-8,11,15H,3-4,13H2,1-2H3. The van der Waals surface area contributed by atoms with Crippen molar-refractivity contribution in [1.29, 1.82) is 0 Å². The van der Waals surface area contributed by atoms with Crippen molar-refractivity contribution in [3.8, 4) is 0 Å². The highest BCUT2D eigenvalue weighted by atomic mass is 32.2. The second-order valence-electron chi connectivity index (χ2n) is 3.96. The molecule has 6 heteroatoms. The fourth-order valence-electron chi connectivity index (χ4n) is 1.82. The summed E-state index contributed by atoms with van der Waals surface area (Å²) in [7, 11) is -3.31. The molecule has 0 bridgehead atoms. The van der Waals surface area contributed by atoms with Gasteiger partial charge in [0.15, 0.2) is 9.84 Å². The molecule has 100 valence electrons. The minimum Gasteiger partial charge on any atom is -0.411 e. The van der Waals surface area contributed by atoms with Gasteiger partial charge in [0.2, 0.25) is 0 Å². The van der Waals surface area contributed by atoms with Crippen molar-refractivity contribution in [2.45, 2.75) is 25.5 Å². The van der Waals surface area contributed by atoms with Crippen LogP contribution in [0.4, 0.5) is 5.69 Å². The summed E-state index contributed by atoms with van der Waals surface area (Å²) in [6.07, 6.45) is 0.352. The van der Waals surface area contributed by atoms with E-state index in [9.17, 15) is 8.42 Å². The number of hydrogen-bond donors (Lipinski definition) is 2. The number of anilines is 1. The van der Waals surface area contributed by atoms with Gasteiger partial charge >= 0.3 is 0 Å².